The standard InChI is InChI=1S/C13H14F3NO3/c1-9(2)6-11(17(18)19)7-10-4-3-5-12(8-10)20-13(14,15)16/h3-5,7-9H,6H2,1-2H3/b11-7-. The van der Waals surface area contributed by atoms with Gasteiger partial charge in [0.1, 0.15) is 5.75 Å². The molecule has 1 rings (SSSR count). The Labute approximate surface area is 114 Å². The molecule has 0 N–H and O–H groups in total. The van der Waals surface area contributed by atoms with Crippen LogP contribution in [-0.4, -0.2) is 11.3 Å². The molecule has 0 bridgehead atoms. The molecule has 4 nitrogen and oxygen atoms in total. The minimum atomic E-state index is -4.79. The molecule has 0 aliphatic rings. The number of halogens is 3. The number of nitrogens with zero attached hydrogens (tertiary/aromatic N) is 1. The zero-order valence-electron chi connectivity index (χ0n) is 11.0. The lowest BCUT2D eigenvalue weighted by atomic mass is 10.1. The van der Waals surface area contributed by atoms with Crippen LogP contribution in [-0.2, 0) is 0 Å². The maximum atomic E-state index is 12.1. The zero-order chi connectivity index (χ0) is 15.3. The first-order chi connectivity index (χ1) is 9.17. The Morgan fingerprint density at radius 2 is 2.10 bits per heavy atom. The van der Waals surface area contributed by atoms with Gasteiger partial charge in [-0.25, -0.2) is 0 Å². The molecule has 0 fully saturated rings. The van der Waals surface area contributed by atoms with Gasteiger partial charge in [-0.15, -0.1) is 13.2 Å². The molecule has 0 aliphatic heterocycles. The number of ether oxygens (including phenoxy) is 1. The summed E-state index contributed by atoms with van der Waals surface area (Å²) in [4.78, 5) is 10.3. The van der Waals surface area contributed by atoms with Crippen molar-refractivity contribution in [1.29, 1.82) is 0 Å². The van der Waals surface area contributed by atoms with Gasteiger partial charge >= 0.3 is 6.36 Å². The summed E-state index contributed by atoms with van der Waals surface area (Å²) in [6, 6.07) is 5.07. The van der Waals surface area contributed by atoms with Crippen LogP contribution >= 0.6 is 0 Å². The second-order valence-corrected chi connectivity index (χ2v) is 4.61. The summed E-state index contributed by atoms with van der Waals surface area (Å²) in [7, 11) is 0. The van der Waals surface area contributed by atoms with E-state index in [1.165, 1.54) is 18.2 Å². The summed E-state index contributed by atoms with van der Waals surface area (Å²) in [5.41, 5.74) is 0.239. The van der Waals surface area contributed by atoms with Crippen LogP contribution in [0, 0.1) is 16.0 Å². The first-order valence-electron chi connectivity index (χ1n) is 5.88. The fraction of sp³-hybridized carbons (Fsp3) is 0.385. The molecule has 0 saturated heterocycles. The Hall–Kier alpha value is -2.05. The summed E-state index contributed by atoms with van der Waals surface area (Å²) in [5.74, 6) is -0.334. The van der Waals surface area contributed by atoms with E-state index in [1.54, 1.807) is 0 Å². The van der Waals surface area contributed by atoms with Crippen molar-refractivity contribution in [2.45, 2.75) is 26.6 Å². The van der Waals surface area contributed by atoms with Gasteiger partial charge in [0.25, 0.3) is 0 Å². The van der Waals surface area contributed by atoms with E-state index in [1.807, 2.05) is 13.8 Å². The molecule has 7 heteroatoms. The fourth-order valence-electron chi connectivity index (χ4n) is 1.60. The van der Waals surface area contributed by atoms with Crippen LogP contribution in [0.2, 0.25) is 0 Å². The van der Waals surface area contributed by atoms with Crippen molar-refractivity contribution in [1.82, 2.24) is 0 Å². The first-order valence-corrected chi connectivity index (χ1v) is 5.88. The number of nitro groups is 1. The highest BCUT2D eigenvalue weighted by molar-refractivity contribution is 5.53. The second kappa shape index (κ2) is 6.40. The predicted molar refractivity (Wildman–Crippen MR) is 67.6 cm³/mol. The minimum absolute atomic E-state index is 0.0517. The molecule has 1 aromatic rings. The summed E-state index contributed by atoms with van der Waals surface area (Å²) in [6.07, 6.45) is -3.30. The number of hydrogen-bond donors (Lipinski definition) is 0. The zero-order valence-corrected chi connectivity index (χ0v) is 11.0. The summed E-state index contributed by atoms with van der Waals surface area (Å²) < 4.78 is 40.0. The van der Waals surface area contributed by atoms with E-state index >= 15 is 0 Å². The van der Waals surface area contributed by atoms with Crippen molar-refractivity contribution < 1.29 is 22.8 Å². The second-order valence-electron chi connectivity index (χ2n) is 4.61. The maximum absolute atomic E-state index is 12.1. The molecule has 1 aromatic carbocycles. The van der Waals surface area contributed by atoms with Crippen LogP contribution in [0.3, 0.4) is 0 Å². The van der Waals surface area contributed by atoms with E-state index in [0.717, 1.165) is 12.1 Å². The minimum Gasteiger partial charge on any atom is -0.406 e. The average molecular weight is 289 g/mol. The highest BCUT2D eigenvalue weighted by Gasteiger charge is 2.31. The lowest BCUT2D eigenvalue weighted by Crippen LogP contribution is -2.17. The Balaban J connectivity index is 3.00. The molecule has 0 unspecified atom stereocenters. The van der Waals surface area contributed by atoms with Gasteiger partial charge in [-0.3, -0.25) is 10.1 Å². The fourth-order valence-corrected chi connectivity index (χ4v) is 1.60. The van der Waals surface area contributed by atoms with Crippen LogP contribution < -0.4 is 4.74 Å². The quantitative estimate of drug-likeness (QED) is 0.601. The van der Waals surface area contributed by atoms with Gasteiger partial charge in [0.05, 0.1) is 4.92 Å². The van der Waals surface area contributed by atoms with Crippen molar-refractivity contribution in [3.63, 3.8) is 0 Å². The summed E-state index contributed by atoms with van der Waals surface area (Å²) in [5, 5.41) is 10.9. The molecule has 0 radical (unpaired) electrons. The number of alkyl halides is 3. The monoisotopic (exact) mass is 289 g/mol. The van der Waals surface area contributed by atoms with Gasteiger partial charge in [0.15, 0.2) is 0 Å². The molecule has 0 saturated carbocycles. The van der Waals surface area contributed by atoms with E-state index in [-0.39, 0.29) is 18.0 Å². The summed E-state index contributed by atoms with van der Waals surface area (Å²) >= 11 is 0. The lowest BCUT2D eigenvalue weighted by Gasteiger charge is -2.09. The molecule has 20 heavy (non-hydrogen) atoms. The van der Waals surface area contributed by atoms with E-state index in [0.29, 0.717) is 5.56 Å². The third kappa shape index (κ3) is 5.73. The van der Waals surface area contributed by atoms with Gasteiger partial charge in [-0.2, -0.15) is 0 Å². The predicted octanol–water partition coefficient (Wildman–Crippen LogP) is 4.25. The van der Waals surface area contributed by atoms with Crippen molar-refractivity contribution >= 4 is 6.08 Å². The van der Waals surface area contributed by atoms with Gasteiger partial charge in [0, 0.05) is 12.5 Å². The molecule has 0 atom stereocenters. The smallest absolute Gasteiger partial charge is 0.406 e. The van der Waals surface area contributed by atoms with Crippen LogP contribution in [0.1, 0.15) is 25.8 Å². The maximum Gasteiger partial charge on any atom is 0.573 e. The Morgan fingerprint density at radius 3 is 2.60 bits per heavy atom. The first kappa shape index (κ1) is 16.0. The van der Waals surface area contributed by atoms with E-state index in [4.69, 9.17) is 0 Å². The van der Waals surface area contributed by atoms with Gasteiger partial charge in [-0.05, 0) is 23.6 Å². The average Bonchev–Trinajstić information content (AvgIpc) is 2.25. The molecule has 110 valence electrons. The van der Waals surface area contributed by atoms with Crippen molar-refractivity contribution in [2.24, 2.45) is 5.92 Å². The molecular weight excluding hydrogens is 275 g/mol. The number of rotatable bonds is 5. The normalized spacial score (nSPS) is 12.6. The summed E-state index contributed by atoms with van der Waals surface area (Å²) in [6.45, 7) is 3.64. The lowest BCUT2D eigenvalue weighted by molar-refractivity contribution is -0.427. The SMILES string of the molecule is CC(C)C/C(=C/c1cccc(OC(F)(F)F)c1)[N+](=O)[O-]. The van der Waals surface area contributed by atoms with Gasteiger partial charge in [-0.1, -0.05) is 26.0 Å². The van der Waals surface area contributed by atoms with Gasteiger partial charge in [0.2, 0.25) is 5.70 Å². The van der Waals surface area contributed by atoms with Crippen molar-refractivity contribution in [3.8, 4) is 5.75 Å². The molecule has 0 spiro atoms. The molecule has 0 aliphatic carbocycles. The number of hydrogen-bond acceptors (Lipinski definition) is 3. The highest BCUT2D eigenvalue weighted by atomic mass is 19.4. The van der Waals surface area contributed by atoms with Crippen LogP contribution in [0.25, 0.3) is 6.08 Å². The van der Waals surface area contributed by atoms with Crippen LogP contribution in [0.15, 0.2) is 30.0 Å². The van der Waals surface area contributed by atoms with Crippen LogP contribution in [0.5, 0.6) is 5.75 Å². The topological polar surface area (TPSA) is 52.4 Å². The third-order valence-corrected chi connectivity index (χ3v) is 2.28. The third-order valence-electron chi connectivity index (χ3n) is 2.28. The Bertz CT molecular complexity index is 510. The van der Waals surface area contributed by atoms with Crippen LogP contribution in [0.4, 0.5) is 13.2 Å². The Kier molecular flexibility index (Phi) is 5.12. The number of allylic oxidation sites excluding steroid dienone is 1. The molecule has 0 heterocycles. The van der Waals surface area contributed by atoms with E-state index < -0.39 is 17.0 Å². The largest absolute Gasteiger partial charge is 0.573 e. The van der Waals surface area contributed by atoms with Gasteiger partial charge < -0.3 is 4.74 Å². The Morgan fingerprint density at radius 1 is 1.45 bits per heavy atom. The molecule has 0 amide bonds. The van der Waals surface area contributed by atoms with Crippen molar-refractivity contribution in [2.75, 3.05) is 0 Å². The van der Waals surface area contributed by atoms with Crippen molar-refractivity contribution in [3.05, 3.63) is 45.6 Å². The molecular formula is C13H14F3NO3. The molecule has 0 aromatic heterocycles. The van der Waals surface area contributed by atoms with E-state index in [2.05, 4.69) is 4.74 Å². The number of benzene rings is 1. The highest BCUT2D eigenvalue weighted by Crippen LogP contribution is 2.24. The van der Waals surface area contributed by atoms with E-state index in [9.17, 15) is 23.3 Å².